The van der Waals surface area contributed by atoms with Gasteiger partial charge in [-0.25, -0.2) is 0 Å². The highest BCUT2D eigenvalue weighted by Gasteiger charge is 1.94. The summed E-state index contributed by atoms with van der Waals surface area (Å²) in [6, 6.07) is 0. The van der Waals surface area contributed by atoms with Gasteiger partial charge in [-0.2, -0.15) is 0 Å². The number of hydrogen-bond donors (Lipinski definition) is 1. The van der Waals surface area contributed by atoms with Gasteiger partial charge >= 0.3 is 0 Å². The van der Waals surface area contributed by atoms with Gasteiger partial charge in [-0.05, 0) is 6.42 Å². The van der Waals surface area contributed by atoms with E-state index in [9.17, 15) is 0 Å². The quantitative estimate of drug-likeness (QED) is 0.269. The van der Waals surface area contributed by atoms with E-state index in [4.69, 9.17) is 9.84 Å². The highest BCUT2D eigenvalue weighted by molar-refractivity contribution is 4.49. The molecule has 0 bridgehead atoms. The summed E-state index contributed by atoms with van der Waals surface area (Å²) in [5.74, 6) is 0. The van der Waals surface area contributed by atoms with Crippen molar-refractivity contribution >= 4 is 0 Å². The molecule has 0 aliphatic heterocycles. The third-order valence-corrected chi connectivity index (χ3v) is 3.98. The number of unbranched alkanes of at least 4 members (excludes halogenated alkanes) is 14. The summed E-state index contributed by atoms with van der Waals surface area (Å²) in [5.41, 5.74) is 0. The SMILES string of the molecule is CCCCCCCCCCCCCCCCCOCO. The number of aliphatic hydroxyl groups is 1. The predicted octanol–water partition coefficient (Wildman–Crippen LogP) is 5.82. The molecule has 0 atom stereocenters. The molecule has 0 aromatic heterocycles. The number of aliphatic hydroxyl groups excluding tert-OH is 1. The largest absolute Gasteiger partial charge is 0.371 e. The molecule has 0 aliphatic carbocycles. The van der Waals surface area contributed by atoms with Crippen LogP contribution in [0.4, 0.5) is 0 Å². The van der Waals surface area contributed by atoms with E-state index in [1.807, 2.05) is 0 Å². The fourth-order valence-corrected chi connectivity index (χ4v) is 2.64. The van der Waals surface area contributed by atoms with Crippen molar-refractivity contribution in [2.45, 2.75) is 103 Å². The summed E-state index contributed by atoms with van der Waals surface area (Å²) in [7, 11) is 0. The Kier molecular flexibility index (Phi) is 18.8. The van der Waals surface area contributed by atoms with E-state index >= 15 is 0 Å². The minimum atomic E-state index is -0.126. The molecule has 0 radical (unpaired) electrons. The third-order valence-electron chi connectivity index (χ3n) is 3.98. The average Bonchev–Trinajstić information content (AvgIpc) is 2.47. The number of ether oxygens (including phenoxy) is 1. The Bertz CT molecular complexity index is 141. The molecule has 0 spiro atoms. The molecule has 122 valence electrons. The lowest BCUT2D eigenvalue weighted by atomic mass is 10.0. The molecule has 0 aromatic carbocycles. The molecule has 0 heterocycles. The molecule has 0 unspecified atom stereocenters. The Hall–Kier alpha value is -0.0800. The van der Waals surface area contributed by atoms with Gasteiger partial charge in [0.15, 0.2) is 0 Å². The molecule has 0 aromatic rings. The lowest BCUT2D eigenvalue weighted by molar-refractivity contribution is -0.00284. The normalized spacial score (nSPS) is 11.1. The van der Waals surface area contributed by atoms with Gasteiger partial charge < -0.3 is 9.84 Å². The van der Waals surface area contributed by atoms with Crippen molar-refractivity contribution in [3.8, 4) is 0 Å². The lowest BCUT2D eigenvalue weighted by Gasteiger charge is -2.03. The highest BCUT2D eigenvalue weighted by Crippen LogP contribution is 2.13. The Morgan fingerprint density at radius 3 is 1.25 bits per heavy atom. The Labute approximate surface area is 127 Å². The first-order chi connectivity index (χ1) is 9.91. The fraction of sp³-hybridized carbons (Fsp3) is 1.00. The molecular formula is C18H38O2. The summed E-state index contributed by atoms with van der Waals surface area (Å²) >= 11 is 0. The third kappa shape index (κ3) is 17.9. The first-order valence-electron chi connectivity index (χ1n) is 9.10. The second kappa shape index (κ2) is 18.9. The molecule has 1 N–H and O–H groups in total. The molecule has 0 aliphatic rings. The van der Waals surface area contributed by atoms with Gasteiger partial charge in [-0.1, -0.05) is 96.8 Å². The van der Waals surface area contributed by atoms with Gasteiger partial charge in [-0.3, -0.25) is 0 Å². The molecule has 2 heteroatoms. The zero-order valence-electron chi connectivity index (χ0n) is 13.9. The van der Waals surface area contributed by atoms with E-state index < -0.39 is 0 Å². The van der Waals surface area contributed by atoms with E-state index in [-0.39, 0.29) is 6.79 Å². The predicted molar refractivity (Wildman–Crippen MR) is 88.0 cm³/mol. The second-order valence-corrected chi connectivity index (χ2v) is 5.99. The molecule has 0 amide bonds. The number of hydrogen-bond acceptors (Lipinski definition) is 2. The highest BCUT2D eigenvalue weighted by atomic mass is 16.6. The van der Waals surface area contributed by atoms with Crippen LogP contribution in [0.1, 0.15) is 103 Å². The van der Waals surface area contributed by atoms with Gasteiger partial charge in [0.25, 0.3) is 0 Å². The second-order valence-electron chi connectivity index (χ2n) is 5.99. The van der Waals surface area contributed by atoms with Gasteiger partial charge in [0.2, 0.25) is 0 Å². The maximum Gasteiger partial charge on any atom is 0.143 e. The molecular weight excluding hydrogens is 248 g/mol. The summed E-state index contributed by atoms with van der Waals surface area (Å²) in [5, 5.41) is 8.46. The number of rotatable bonds is 17. The molecule has 0 fully saturated rings. The van der Waals surface area contributed by atoms with Gasteiger partial charge in [-0.15, -0.1) is 0 Å². The zero-order valence-corrected chi connectivity index (χ0v) is 13.9. The van der Waals surface area contributed by atoms with Crippen LogP contribution in [0.2, 0.25) is 0 Å². The topological polar surface area (TPSA) is 29.5 Å². The standard InChI is InChI=1S/C18H38O2/c1-2-3-4-5-6-7-8-9-10-11-12-13-14-15-16-17-20-18-19/h19H,2-18H2,1H3. The van der Waals surface area contributed by atoms with Crippen molar-refractivity contribution in [2.75, 3.05) is 13.4 Å². The van der Waals surface area contributed by atoms with Crippen LogP contribution >= 0.6 is 0 Å². The molecule has 2 nitrogen and oxygen atoms in total. The molecule has 0 saturated heterocycles. The van der Waals surface area contributed by atoms with Gasteiger partial charge in [0, 0.05) is 6.61 Å². The van der Waals surface area contributed by atoms with Gasteiger partial charge in [0.1, 0.15) is 6.79 Å². The minimum Gasteiger partial charge on any atom is -0.371 e. The lowest BCUT2D eigenvalue weighted by Crippen LogP contribution is -1.95. The summed E-state index contributed by atoms with van der Waals surface area (Å²) < 4.78 is 4.90. The van der Waals surface area contributed by atoms with Crippen LogP contribution in [0.3, 0.4) is 0 Å². The van der Waals surface area contributed by atoms with E-state index in [1.165, 1.54) is 89.9 Å². The zero-order chi connectivity index (χ0) is 14.7. The van der Waals surface area contributed by atoms with Crippen LogP contribution in [0, 0.1) is 0 Å². The van der Waals surface area contributed by atoms with Crippen molar-refractivity contribution in [2.24, 2.45) is 0 Å². The average molecular weight is 286 g/mol. The van der Waals surface area contributed by atoms with Crippen molar-refractivity contribution in [3.05, 3.63) is 0 Å². The van der Waals surface area contributed by atoms with Crippen molar-refractivity contribution in [1.29, 1.82) is 0 Å². The van der Waals surface area contributed by atoms with Crippen LogP contribution < -0.4 is 0 Å². The first-order valence-corrected chi connectivity index (χ1v) is 9.10. The van der Waals surface area contributed by atoms with E-state index in [0.29, 0.717) is 0 Å². The molecule has 0 saturated carbocycles. The Balaban J connectivity index is 2.89. The molecule has 0 rings (SSSR count). The van der Waals surface area contributed by atoms with E-state index in [0.717, 1.165) is 13.0 Å². The van der Waals surface area contributed by atoms with Crippen LogP contribution in [0.25, 0.3) is 0 Å². The smallest absolute Gasteiger partial charge is 0.143 e. The summed E-state index contributed by atoms with van der Waals surface area (Å²) in [4.78, 5) is 0. The van der Waals surface area contributed by atoms with Crippen LogP contribution in [0.5, 0.6) is 0 Å². The molecule has 20 heavy (non-hydrogen) atoms. The van der Waals surface area contributed by atoms with Crippen LogP contribution in [-0.2, 0) is 4.74 Å². The van der Waals surface area contributed by atoms with Gasteiger partial charge in [0.05, 0.1) is 0 Å². The van der Waals surface area contributed by atoms with Crippen LogP contribution in [-0.4, -0.2) is 18.5 Å². The summed E-state index contributed by atoms with van der Waals surface area (Å²) in [6.07, 6.45) is 20.8. The maximum absolute atomic E-state index is 8.46. The maximum atomic E-state index is 8.46. The monoisotopic (exact) mass is 286 g/mol. The first kappa shape index (κ1) is 19.9. The van der Waals surface area contributed by atoms with E-state index in [1.54, 1.807) is 0 Å². The summed E-state index contributed by atoms with van der Waals surface area (Å²) in [6.45, 7) is 2.87. The van der Waals surface area contributed by atoms with Crippen LogP contribution in [0.15, 0.2) is 0 Å². The fourth-order valence-electron chi connectivity index (χ4n) is 2.64. The van der Waals surface area contributed by atoms with Crippen molar-refractivity contribution in [1.82, 2.24) is 0 Å². The Morgan fingerprint density at radius 1 is 0.550 bits per heavy atom. The minimum absolute atomic E-state index is 0.126. The van der Waals surface area contributed by atoms with Crippen molar-refractivity contribution < 1.29 is 9.84 Å². The Morgan fingerprint density at radius 2 is 0.900 bits per heavy atom. The van der Waals surface area contributed by atoms with E-state index in [2.05, 4.69) is 6.92 Å². The van der Waals surface area contributed by atoms with Crippen molar-refractivity contribution in [3.63, 3.8) is 0 Å².